The molecule has 0 saturated carbocycles. The molecule has 0 radical (unpaired) electrons. The molecule has 0 aliphatic carbocycles. The maximum atomic E-state index is 5.90. The summed E-state index contributed by atoms with van der Waals surface area (Å²) in [5.74, 6) is 0.857. The van der Waals surface area contributed by atoms with Crippen molar-refractivity contribution in [2.45, 2.75) is 4.83 Å². The van der Waals surface area contributed by atoms with Gasteiger partial charge in [0.25, 0.3) is 0 Å². The van der Waals surface area contributed by atoms with E-state index in [4.69, 9.17) is 16.3 Å². The number of hydrogen-bond acceptors (Lipinski definition) is 1. The lowest BCUT2D eigenvalue weighted by Crippen LogP contribution is -1.97. The van der Waals surface area contributed by atoms with E-state index in [9.17, 15) is 0 Å². The zero-order chi connectivity index (χ0) is 13.1. The molecule has 0 fully saturated rings. The molecule has 0 heterocycles. The second kappa shape index (κ2) is 6.09. The van der Waals surface area contributed by atoms with Crippen molar-refractivity contribution in [3.63, 3.8) is 0 Å². The van der Waals surface area contributed by atoms with Crippen LogP contribution in [0.2, 0.25) is 5.02 Å². The predicted molar refractivity (Wildman–Crippen MR) is 82.9 cm³/mol. The molecule has 4 heteroatoms. The fourth-order valence-corrected chi connectivity index (χ4v) is 2.88. The molecule has 1 atom stereocenters. The summed E-state index contributed by atoms with van der Waals surface area (Å²) in [7, 11) is 1.67. The average Bonchev–Trinajstić information content (AvgIpc) is 2.39. The maximum Gasteiger partial charge on any atom is 0.123 e. The topological polar surface area (TPSA) is 9.23 Å². The van der Waals surface area contributed by atoms with Crippen LogP contribution in [0.3, 0.4) is 0 Å². The Morgan fingerprint density at radius 1 is 1.11 bits per heavy atom. The normalized spacial score (nSPS) is 12.2. The molecule has 0 spiro atoms. The van der Waals surface area contributed by atoms with Crippen LogP contribution in [0.25, 0.3) is 0 Å². The van der Waals surface area contributed by atoms with Gasteiger partial charge in [0.15, 0.2) is 0 Å². The molecule has 0 aliphatic heterocycles. The number of hydrogen-bond donors (Lipinski definition) is 0. The van der Waals surface area contributed by atoms with Gasteiger partial charge in [0, 0.05) is 15.1 Å². The fourth-order valence-electron chi connectivity index (χ4n) is 1.71. The molecule has 0 bridgehead atoms. The Balaban J connectivity index is 2.41. The van der Waals surface area contributed by atoms with Crippen LogP contribution >= 0.6 is 43.5 Å². The van der Waals surface area contributed by atoms with Crippen molar-refractivity contribution < 1.29 is 4.74 Å². The first-order chi connectivity index (χ1) is 8.61. The summed E-state index contributed by atoms with van der Waals surface area (Å²) in [6.07, 6.45) is 0. The third kappa shape index (κ3) is 3.08. The van der Waals surface area contributed by atoms with Crippen LogP contribution in [0.5, 0.6) is 5.75 Å². The van der Waals surface area contributed by atoms with E-state index in [1.54, 1.807) is 7.11 Å². The smallest absolute Gasteiger partial charge is 0.123 e. The minimum absolute atomic E-state index is 0.0715. The lowest BCUT2D eigenvalue weighted by molar-refractivity contribution is 0.410. The van der Waals surface area contributed by atoms with E-state index < -0.39 is 0 Å². The average molecular weight is 391 g/mol. The molecule has 2 rings (SSSR count). The first kappa shape index (κ1) is 13.9. The van der Waals surface area contributed by atoms with Gasteiger partial charge in [0.2, 0.25) is 0 Å². The van der Waals surface area contributed by atoms with E-state index in [0.717, 1.165) is 26.4 Å². The first-order valence-corrected chi connectivity index (χ1v) is 7.43. The summed E-state index contributed by atoms with van der Waals surface area (Å²) in [4.78, 5) is 0.0715. The summed E-state index contributed by atoms with van der Waals surface area (Å²) in [6, 6.07) is 13.7. The zero-order valence-electron chi connectivity index (χ0n) is 9.66. The highest BCUT2D eigenvalue weighted by atomic mass is 79.9. The van der Waals surface area contributed by atoms with E-state index in [2.05, 4.69) is 31.9 Å². The number of alkyl halides is 1. The van der Waals surface area contributed by atoms with Gasteiger partial charge in [-0.2, -0.15) is 0 Å². The van der Waals surface area contributed by atoms with Crippen molar-refractivity contribution in [2.24, 2.45) is 0 Å². The molecule has 0 saturated heterocycles. The Bertz CT molecular complexity index is 540. The first-order valence-electron chi connectivity index (χ1n) is 5.35. The van der Waals surface area contributed by atoms with Crippen molar-refractivity contribution in [1.29, 1.82) is 0 Å². The Hall–Kier alpha value is -0.510. The highest BCUT2D eigenvalue weighted by Gasteiger charge is 2.15. The Labute approximate surface area is 128 Å². The second-order valence-corrected chi connectivity index (χ2v) is 6.07. The number of methoxy groups -OCH3 is 1. The lowest BCUT2D eigenvalue weighted by Gasteiger charge is -2.15. The lowest BCUT2D eigenvalue weighted by atomic mass is 10.0. The van der Waals surface area contributed by atoms with Crippen molar-refractivity contribution in [3.8, 4) is 5.75 Å². The van der Waals surface area contributed by atoms with Crippen LogP contribution in [0, 0.1) is 0 Å². The van der Waals surface area contributed by atoms with Crippen molar-refractivity contribution in [1.82, 2.24) is 0 Å². The molecule has 0 amide bonds. The number of benzene rings is 2. The summed E-state index contributed by atoms with van der Waals surface area (Å²) in [6.45, 7) is 0. The van der Waals surface area contributed by atoms with E-state index in [1.165, 1.54) is 0 Å². The zero-order valence-corrected chi connectivity index (χ0v) is 13.6. The van der Waals surface area contributed by atoms with Crippen LogP contribution in [0.1, 0.15) is 16.0 Å². The van der Waals surface area contributed by atoms with Gasteiger partial charge in [0.1, 0.15) is 5.75 Å². The van der Waals surface area contributed by atoms with Gasteiger partial charge in [-0.25, -0.2) is 0 Å². The monoisotopic (exact) mass is 388 g/mol. The van der Waals surface area contributed by atoms with Crippen LogP contribution in [0.15, 0.2) is 46.9 Å². The minimum atomic E-state index is 0.0715. The molecular weight excluding hydrogens is 379 g/mol. The van der Waals surface area contributed by atoms with Gasteiger partial charge in [-0.1, -0.05) is 55.6 Å². The number of rotatable bonds is 3. The molecule has 1 unspecified atom stereocenters. The third-order valence-electron chi connectivity index (χ3n) is 2.63. The van der Waals surface area contributed by atoms with Crippen LogP contribution in [0.4, 0.5) is 0 Å². The van der Waals surface area contributed by atoms with Crippen molar-refractivity contribution in [2.75, 3.05) is 7.11 Å². The van der Waals surface area contributed by atoms with Crippen LogP contribution < -0.4 is 4.74 Å². The third-order valence-corrected chi connectivity index (χ3v) is 4.39. The van der Waals surface area contributed by atoms with Crippen LogP contribution in [-0.4, -0.2) is 7.11 Å². The molecule has 2 aromatic carbocycles. The van der Waals surface area contributed by atoms with Gasteiger partial charge in [-0.3, -0.25) is 0 Å². The van der Waals surface area contributed by atoms with Crippen molar-refractivity contribution >= 4 is 43.5 Å². The Kier molecular flexibility index (Phi) is 4.71. The summed E-state index contributed by atoms with van der Waals surface area (Å²) >= 11 is 13.1. The Morgan fingerprint density at radius 3 is 2.39 bits per heavy atom. The molecule has 1 nitrogen and oxygen atoms in total. The predicted octanol–water partition coefficient (Wildman–Crippen LogP) is 5.60. The SMILES string of the molecule is COc1ccc(Br)cc1C(Br)c1ccc(Cl)cc1. The molecule has 94 valence electrons. The van der Waals surface area contributed by atoms with Gasteiger partial charge >= 0.3 is 0 Å². The van der Waals surface area contributed by atoms with Gasteiger partial charge in [0.05, 0.1) is 11.9 Å². The highest BCUT2D eigenvalue weighted by Crippen LogP contribution is 2.38. The molecule has 18 heavy (non-hydrogen) atoms. The van der Waals surface area contributed by atoms with E-state index in [0.29, 0.717) is 0 Å². The van der Waals surface area contributed by atoms with E-state index in [-0.39, 0.29) is 4.83 Å². The molecular formula is C14H11Br2ClO. The largest absolute Gasteiger partial charge is 0.496 e. The molecule has 2 aromatic rings. The standard InChI is InChI=1S/C14H11Br2ClO/c1-18-13-7-4-10(15)8-12(13)14(16)9-2-5-11(17)6-3-9/h2-8,14H,1H3. The van der Waals surface area contributed by atoms with Gasteiger partial charge in [-0.15, -0.1) is 0 Å². The van der Waals surface area contributed by atoms with E-state index in [1.807, 2.05) is 42.5 Å². The van der Waals surface area contributed by atoms with Gasteiger partial charge in [-0.05, 0) is 35.9 Å². The fraction of sp³-hybridized carbons (Fsp3) is 0.143. The molecule has 0 N–H and O–H groups in total. The van der Waals surface area contributed by atoms with E-state index >= 15 is 0 Å². The van der Waals surface area contributed by atoms with Crippen molar-refractivity contribution in [3.05, 3.63) is 63.1 Å². The maximum absolute atomic E-state index is 5.90. The minimum Gasteiger partial charge on any atom is -0.496 e. The molecule has 0 aromatic heterocycles. The van der Waals surface area contributed by atoms with Crippen LogP contribution in [-0.2, 0) is 0 Å². The number of halogens is 3. The molecule has 0 aliphatic rings. The number of ether oxygens (including phenoxy) is 1. The van der Waals surface area contributed by atoms with Gasteiger partial charge < -0.3 is 4.74 Å². The summed E-state index contributed by atoms with van der Waals surface area (Å²) in [5.41, 5.74) is 2.21. The summed E-state index contributed by atoms with van der Waals surface area (Å²) < 4.78 is 6.41. The highest BCUT2D eigenvalue weighted by molar-refractivity contribution is 9.10. The summed E-state index contributed by atoms with van der Waals surface area (Å²) in [5, 5.41) is 0.736. The quantitative estimate of drug-likeness (QED) is 0.620. The second-order valence-electron chi connectivity index (χ2n) is 3.80. The Morgan fingerprint density at radius 2 is 1.78 bits per heavy atom.